The highest BCUT2D eigenvalue weighted by molar-refractivity contribution is 7.99. The maximum absolute atomic E-state index is 9.33. The van der Waals surface area contributed by atoms with Crippen LogP contribution in [0.2, 0.25) is 0 Å². The molecule has 0 bridgehead atoms. The van der Waals surface area contributed by atoms with Crippen molar-refractivity contribution in [2.75, 3.05) is 13.2 Å². The van der Waals surface area contributed by atoms with Crippen molar-refractivity contribution in [3.05, 3.63) is 42.5 Å². The van der Waals surface area contributed by atoms with E-state index in [9.17, 15) is 5.53 Å². The smallest absolute Gasteiger partial charge is 0.148 e. The second kappa shape index (κ2) is 10.8. The van der Waals surface area contributed by atoms with Crippen LogP contribution < -0.4 is 15.0 Å². The molecule has 25 heavy (non-hydrogen) atoms. The quantitative estimate of drug-likeness (QED) is 0.362. The summed E-state index contributed by atoms with van der Waals surface area (Å²) in [7, 11) is 0. The van der Waals surface area contributed by atoms with Gasteiger partial charge < -0.3 is 9.47 Å². The Bertz CT molecular complexity index is 662. The van der Waals surface area contributed by atoms with Crippen molar-refractivity contribution in [2.45, 2.75) is 49.3 Å². The molecule has 0 atom stereocenters. The lowest BCUT2D eigenvalue weighted by Crippen LogP contribution is -2.00. The minimum absolute atomic E-state index is 0.403. The summed E-state index contributed by atoms with van der Waals surface area (Å²) < 4.78 is 11.7. The minimum Gasteiger partial charge on any atom is -0.492 e. The first-order chi connectivity index (χ1) is 12.3. The first kappa shape index (κ1) is 19.3. The van der Waals surface area contributed by atoms with Crippen molar-refractivity contribution >= 4 is 17.4 Å². The minimum atomic E-state index is 0.403. The highest BCUT2D eigenvalue weighted by Gasteiger charge is 2.14. The highest BCUT2D eigenvalue weighted by Crippen LogP contribution is 2.42. The van der Waals surface area contributed by atoms with Gasteiger partial charge in [-0.25, -0.2) is 0 Å². The van der Waals surface area contributed by atoms with Crippen LogP contribution in [0, 0.1) is 0 Å². The van der Waals surface area contributed by atoms with E-state index in [0.29, 0.717) is 24.7 Å². The molecule has 0 aliphatic rings. The van der Waals surface area contributed by atoms with Crippen molar-refractivity contribution in [1.82, 2.24) is 5.53 Å². The van der Waals surface area contributed by atoms with Gasteiger partial charge in [-0.15, -0.1) is 5.11 Å². The van der Waals surface area contributed by atoms with Crippen molar-refractivity contribution in [2.24, 2.45) is 5.11 Å². The molecule has 0 aromatic heterocycles. The molecule has 0 amide bonds. The van der Waals surface area contributed by atoms with Crippen LogP contribution >= 0.6 is 11.8 Å². The van der Waals surface area contributed by atoms with Crippen LogP contribution in [0.15, 0.2) is 57.4 Å². The standard InChI is InChI=1S/C20H25N2O2S/c1-3-5-12-23-18-15-20(25-16-10-8-7-9-11-16)19(14-17(18)22-21)24-13-6-4-2/h7-11,14-15H,3-6,12-13H2,1-2H3. The van der Waals surface area contributed by atoms with Crippen molar-refractivity contribution < 1.29 is 9.47 Å². The molecule has 0 saturated carbocycles. The summed E-state index contributed by atoms with van der Waals surface area (Å²) in [5, 5.41) is 3.37. The average Bonchev–Trinajstić information content (AvgIpc) is 2.64. The summed E-state index contributed by atoms with van der Waals surface area (Å²) in [6, 6.07) is 13.8. The molecule has 0 unspecified atom stereocenters. The van der Waals surface area contributed by atoms with Gasteiger partial charge in [-0.3, -0.25) is 0 Å². The first-order valence-corrected chi connectivity index (χ1v) is 9.61. The molecular formula is C20H25N2O2S. The molecule has 5 heteroatoms. The van der Waals surface area contributed by atoms with Crippen LogP contribution in [-0.2, 0) is 0 Å². The molecular weight excluding hydrogens is 332 g/mol. The number of hydrogen-bond donors (Lipinski definition) is 0. The lowest BCUT2D eigenvalue weighted by Gasteiger charge is -2.15. The number of hydrogen-bond acceptors (Lipinski definition) is 4. The van der Waals surface area contributed by atoms with Gasteiger partial charge in [-0.1, -0.05) is 56.7 Å². The number of nitrogens with zero attached hydrogens (tertiary/aromatic N) is 2. The summed E-state index contributed by atoms with van der Waals surface area (Å²) in [6.07, 6.45) is 4.06. The van der Waals surface area contributed by atoms with E-state index in [-0.39, 0.29) is 0 Å². The molecule has 1 radical (unpaired) electrons. The van der Waals surface area contributed by atoms with Crippen molar-refractivity contribution in [3.8, 4) is 11.5 Å². The monoisotopic (exact) mass is 357 g/mol. The van der Waals surface area contributed by atoms with Crippen LogP contribution in [0.3, 0.4) is 0 Å². The fourth-order valence-corrected chi connectivity index (χ4v) is 3.12. The maximum Gasteiger partial charge on any atom is 0.148 e. The van der Waals surface area contributed by atoms with Gasteiger partial charge in [0.1, 0.15) is 17.2 Å². The molecule has 0 fully saturated rings. The SMILES string of the molecule is CCCCOc1cc(Sc2ccccc2)c(OCCCC)cc1N=[N]. The molecule has 0 N–H and O–H groups in total. The second-order valence-electron chi connectivity index (χ2n) is 5.69. The topological polar surface area (TPSA) is 53.1 Å². The van der Waals surface area contributed by atoms with Gasteiger partial charge >= 0.3 is 0 Å². The van der Waals surface area contributed by atoms with Crippen LogP contribution in [-0.4, -0.2) is 13.2 Å². The number of unbranched alkanes of at least 4 members (excludes halogenated alkanes) is 2. The van der Waals surface area contributed by atoms with E-state index in [1.807, 2.05) is 24.3 Å². The molecule has 4 nitrogen and oxygen atoms in total. The number of rotatable bonds is 11. The highest BCUT2D eigenvalue weighted by atomic mass is 32.2. The fourth-order valence-electron chi connectivity index (χ4n) is 2.19. The zero-order valence-electron chi connectivity index (χ0n) is 14.9. The Morgan fingerprint density at radius 3 is 2.16 bits per heavy atom. The molecule has 133 valence electrons. The summed E-state index contributed by atoms with van der Waals surface area (Å²) in [6.45, 7) is 5.48. The Balaban J connectivity index is 2.29. The van der Waals surface area contributed by atoms with Crippen LogP contribution in [0.1, 0.15) is 39.5 Å². The van der Waals surface area contributed by atoms with Crippen LogP contribution in [0.25, 0.3) is 0 Å². The molecule has 2 rings (SSSR count). The zero-order chi connectivity index (χ0) is 17.9. The van der Waals surface area contributed by atoms with Gasteiger partial charge in [-0.2, -0.15) is 0 Å². The summed E-state index contributed by atoms with van der Waals surface area (Å²) in [5.41, 5.74) is 9.74. The van der Waals surface area contributed by atoms with E-state index in [0.717, 1.165) is 41.2 Å². The van der Waals surface area contributed by atoms with Gasteiger partial charge in [0.25, 0.3) is 0 Å². The lowest BCUT2D eigenvalue weighted by atomic mass is 10.2. The number of ether oxygens (including phenoxy) is 2. The summed E-state index contributed by atoms with van der Waals surface area (Å²) in [5.74, 6) is 1.30. The predicted octanol–water partition coefficient (Wildman–Crippen LogP) is 6.08. The van der Waals surface area contributed by atoms with Gasteiger partial charge in [0, 0.05) is 17.0 Å². The Hall–Kier alpha value is -2.01. The zero-order valence-corrected chi connectivity index (χ0v) is 15.7. The Morgan fingerprint density at radius 1 is 0.920 bits per heavy atom. The maximum atomic E-state index is 9.33. The first-order valence-electron chi connectivity index (χ1n) is 8.80. The molecule has 0 heterocycles. The lowest BCUT2D eigenvalue weighted by molar-refractivity contribution is 0.295. The average molecular weight is 357 g/mol. The molecule has 0 saturated heterocycles. The van der Waals surface area contributed by atoms with E-state index in [1.54, 1.807) is 17.8 Å². The molecule has 0 aliphatic heterocycles. The van der Waals surface area contributed by atoms with Crippen LogP contribution in [0.4, 0.5) is 5.69 Å². The Morgan fingerprint density at radius 2 is 1.56 bits per heavy atom. The van der Waals surface area contributed by atoms with Gasteiger partial charge in [-0.05, 0) is 30.5 Å². The number of benzene rings is 2. The van der Waals surface area contributed by atoms with Crippen molar-refractivity contribution in [3.63, 3.8) is 0 Å². The Kier molecular flexibility index (Phi) is 8.32. The predicted molar refractivity (Wildman–Crippen MR) is 102 cm³/mol. The Labute approximate surface area is 154 Å². The summed E-state index contributed by atoms with van der Waals surface area (Å²) in [4.78, 5) is 2.08. The summed E-state index contributed by atoms with van der Waals surface area (Å²) >= 11 is 1.62. The van der Waals surface area contributed by atoms with Gasteiger partial charge in [0.15, 0.2) is 0 Å². The molecule has 2 aromatic rings. The van der Waals surface area contributed by atoms with E-state index in [1.165, 1.54) is 0 Å². The normalized spacial score (nSPS) is 10.5. The van der Waals surface area contributed by atoms with E-state index in [2.05, 4.69) is 31.1 Å². The molecule has 2 aromatic carbocycles. The third-order valence-corrected chi connectivity index (χ3v) is 4.66. The van der Waals surface area contributed by atoms with Crippen molar-refractivity contribution in [1.29, 1.82) is 0 Å². The van der Waals surface area contributed by atoms with E-state index in [4.69, 9.17) is 9.47 Å². The van der Waals surface area contributed by atoms with Gasteiger partial charge in [0.2, 0.25) is 0 Å². The second-order valence-corrected chi connectivity index (χ2v) is 6.80. The van der Waals surface area contributed by atoms with Gasteiger partial charge in [0.05, 0.1) is 18.1 Å². The molecule has 0 aliphatic carbocycles. The molecule has 0 spiro atoms. The third kappa shape index (κ3) is 6.09. The largest absolute Gasteiger partial charge is 0.492 e. The van der Waals surface area contributed by atoms with E-state index < -0.39 is 0 Å². The third-order valence-electron chi connectivity index (χ3n) is 3.61. The van der Waals surface area contributed by atoms with Crippen LogP contribution in [0.5, 0.6) is 11.5 Å². The fraction of sp³-hybridized carbons (Fsp3) is 0.400. The van der Waals surface area contributed by atoms with E-state index >= 15 is 0 Å².